The molecule has 0 N–H and O–H groups in total. The van der Waals surface area contributed by atoms with E-state index in [1.54, 1.807) is 18.3 Å². The van der Waals surface area contributed by atoms with Gasteiger partial charge in [-0.05, 0) is 24.3 Å². The first-order valence-electron chi connectivity index (χ1n) is 8.41. The van der Waals surface area contributed by atoms with Crippen LogP contribution in [0.1, 0.15) is 22.9 Å². The summed E-state index contributed by atoms with van der Waals surface area (Å²) in [5.41, 5.74) is 2.69. The summed E-state index contributed by atoms with van der Waals surface area (Å²) in [6, 6.07) is 20.7. The van der Waals surface area contributed by atoms with E-state index < -0.39 is 0 Å². The van der Waals surface area contributed by atoms with E-state index in [1.165, 1.54) is 6.07 Å². The van der Waals surface area contributed by atoms with Gasteiger partial charge in [-0.2, -0.15) is 0 Å². The molecule has 1 unspecified atom stereocenters. The van der Waals surface area contributed by atoms with Crippen molar-refractivity contribution in [1.29, 1.82) is 0 Å². The molecule has 0 aliphatic carbocycles. The maximum atomic E-state index is 14.3. The van der Waals surface area contributed by atoms with Crippen LogP contribution in [0.3, 0.4) is 0 Å². The molecule has 4 rings (SSSR count). The number of rotatable bonds is 3. The summed E-state index contributed by atoms with van der Waals surface area (Å²) >= 11 is 0. The first-order valence-corrected chi connectivity index (χ1v) is 8.41. The van der Waals surface area contributed by atoms with E-state index in [4.69, 9.17) is 4.74 Å². The second-order valence-electron chi connectivity index (χ2n) is 6.23. The van der Waals surface area contributed by atoms with Gasteiger partial charge in [0.1, 0.15) is 17.7 Å². The molecular formula is C21H19FN2O. The van der Waals surface area contributed by atoms with Gasteiger partial charge in [-0.25, -0.2) is 4.39 Å². The van der Waals surface area contributed by atoms with E-state index in [1.807, 2.05) is 42.5 Å². The number of nitrogens with zero attached hydrogens (tertiary/aromatic N) is 2. The lowest BCUT2D eigenvalue weighted by Crippen LogP contribution is -2.28. The average molecular weight is 334 g/mol. The molecule has 126 valence electrons. The van der Waals surface area contributed by atoms with Gasteiger partial charge in [0.15, 0.2) is 0 Å². The van der Waals surface area contributed by atoms with Gasteiger partial charge in [-0.15, -0.1) is 0 Å². The van der Waals surface area contributed by atoms with Crippen molar-refractivity contribution >= 4 is 0 Å². The largest absolute Gasteiger partial charge is 0.484 e. The Labute approximate surface area is 146 Å². The highest BCUT2D eigenvalue weighted by Crippen LogP contribution is 2.32. The summed E-state index contributed by atoms with van der Waals surface area (Å²) in [7, 11) is 0. The molecule has 0 bridgehead atoms. The fraction of sp³-hybridized carbons (Fsp3) is 0.190. The lowest BCUT2D eigenvalue weighted by molar-refractivity contribution is 0.140. The highest BCUT2D eigenvalue weighted by molar-refractivity contribution is 5.35. The van der Waals surface area contributed by atoms with Gasteiger partial charge < -0.3 is 4.74 Å². The fourth-order valence-corrected chi connectivity index (χ4v) is 3.22. The van der Waals surface area contributed by atoms with Gasteiger partial charge >= 0.3 is 0 Å². The number of pyridine rings is 1. The predicted molar refractivity (Wildman–Crippen MR) is 94.6 cm³/mol. The Balaban J connectivity index is 1.67. The molecule has 0 spiro atoms. The van der Waals surface area contributed by atoms with Crippen LogP contribution in [0.25, 0.3) is 0 Å². The third-order valence-electron chi connectivity index (χ3n) is 4.42. The zero-order valence-electron chi connectivity index (χ0n) is 13.8. The van der Waals surface area contributed by atoms with Crippen molar-refractivity contribution in [2.45, 2.75) is 19.2 Å². The molecule has 1 aliphatic rings. The first-order chi connectivity index (χ1) is 12.3. The number of hydrogen-bond donors (Lipinski definition) is 0. The van der Waals surface area contributed by atoms with Gasteiger partial charge in [0.2, 0.25) is 0 Å². The molecule has 0 radical (unpaired) electrons. The monoisotopic (exact) mass is 334 g/mol. The van der Waals surface area contributed by atoms with Gasteiger partial charge in [0, 0.05) is 37.0 Å². The van der Waals surface area contributed by atoms with Crippen LogP contribution in [0.5, 0.6) is 5.75 Å². The molecule has 1 aromatic heterocycles. The Hall–Kier alpha value is -2.72. The van der Waals surface area contributed by atoms with Crippen LogP contribution in [0.15, 0.2) is 72.9 Å². The summed E-state index contributed by atoms with van der Waals surface area (Å²) in [5, 5.41) is 0. The van der Waals surface area contributed by atoms with Crippen LogP contribution in [0.4, 0.5) is 4.39 Å². The summed E-state index contributed by atoms with van der Waals surface area (Å²) in [5.74, 6) is 0.587. The zero-order valence-corrected chi connectivity index (χ0v) is 13.8. The van der Waals surface area contributed by atoms with Crippen LogP contribution in [-0.4, -0.2) is 16.4 Å². The lowest BCUT2D eigenvalue weighted by Gasteiger charge is -2.24. The van der Waals surface area contributed by atoms with Gasteiger partial charge in [0.05, 0.1) is 5.69 Å². The van der Waals surface area contributed by atoms with Crippen molar-refractivity contribution < 1.29 is 9.13 Å². The fourth-order valence-electron chi connectivity index (χ4n) is 3.22. The topological polar surface area (TPSA) is 25.4 Å². The van der Waals surface area contributed by atoms with Crippen LogP contribution in [-0.2, 0) is 13.1 Å². The summed E-state index contributed by atoms with van der Waals surface area (Å²) in [4.78, 5) is 6.67. The van der Waals surface area contributed by atoms with Crippen LogP contribution >= 0.6 is 0 Å². The van der Waals surface area contributed by atoms with Crippen LogP contribution in [0.2, 0.25) is 0 Å². The average Bonchev–Trinajstić information content (AvgIpc) is 2.82. The maximum Gasteiger partial charge on any atom is 0.139 e. The van der Waals surface area contributed by atoms with Crippen molar-refractivity contribution in [3.05, 3.63) is 95.6 Å². The Morgan fingerprint density at radius 2 is 1.80 bits per heavy atom. The molecule has 2 heterocycles. The molecule has 0 saturated heterocycles. The SMILES string of the molecule is Fc1ccccc1C1CN(Cc2ccccn2)Cc2ccccc2O1. The number of fused-ring (bicyclic) bond motifs is 1. The van der Waals surface area contributed by atoms with Gasteiger partial charge in [0.25, 0.3) is 0 Å². The third-order valence-corrected chi connectivity index (χ3v) is 4.42. The first kappa shape index (κ1) is 15.8. The van der Waals surface area contributed by atoms with Gasteiger partial charge in [-0.1, -0.05) is 42.5 Å². The minimum Gasteiger partial charge on any atom is -0.484 e. The standard InChI is InChI=1S/C21H19FN2O/c22-19-10-3-2-9-18(19)21-15-24(14-17-8-5-6-12-23-17)13-16-7-1-4-11-20(16)25-21/h1-12,21H,13-15H2. The molecule has 0 amide bonds. The van der Waals surface area contributed by atoms with Crippen molar-refractivity contribution in [3.8, 4) is 5.75 Å². The Morgan fingerprint density at radius 1 is 1.00 bits per heavy atom. The van der Waals surface area contributed by atoms with Crippen LogP contribution < -0.4 is 4.74 Å². The minimum atomic E-state index is -0.353. The Morgan fingerprint density at radius 3 is 2.64 bits per heavy atom. The zero-order chi connectivity index (χ0) is 17.1. The second-order valence-corrected chi connectivity index (χ2v) is 6.23. The predicted octanol–water partition coefficient (Wildman–Crippen LogP) is 4.36. The van der Waals surface area contributed by atoms with E-state index in [0.717, 1.165) is 23.6 Å². The van der Waals surface area contributed by atoms with E-state index in [-0.39, 0.29) is 11.9 Å². The quantitative estimate of drug-likeness (QED) is 0.712. The number of hydrogen-bond acceptors (Lipinski definition) is 3. The molecule has 2 aromatic carbocycles. The van der Waals surface area contributed by atoms with Crippen molar-refractivity contribution in [2.24, 2.45) is 0 Å². The molecule has 3 nitrogen and oxygen atoms in total. The highest BCUT2D eigenvalue weighted by Gasteiger charge is 2.26. The number of ether oxygens (including phenoxy) is 1. The molecule has 25 heavy (non-hydrogen) atoms. The van der Waals surface area contributed by atoms with E-state index >= 15 is 0 Å². The maximum absolute atomic E-state index is 14.3. The van der Waals surface area contributed by atoms with E-state index in [2.05, 4.69) is 16.0 Å². The molecule has 0 saturated carbocycles. The van der Waals surface area contributed by atoms with Crippen LogP contribution in [0, 0.1) is 5.82 Å². The molecule has 3 aromatic rings. The normalized spacial score (nSPS) is 17.4. The van der Waals surface area contributed by atoms with Crippen molar-refractivity contribution in [2.75, 3.05) is 6.54 Å². The lowest BCUT2D eigenvalue weighted by atomic mass is 10.1. The van der Waals surface area contributed by atoms with E-state index in [0.29, 0.717) is 18.7 Å². The molecular weight excluding hydrogens is 315 g/mol. The number of para-hydroxylation sites is 1. The number of halogens is 1. The molecule has 4 heteroatoms. The van der Waals surface area contributed by atoms with Crippen molar-refractivity contribution in [3.63, 3.8) is 0 Å². The van der Waals surface area contributed by atoms with Gasteiger partial charge in [-0.3, -0.25) is 9.88 Å². The second kappa shape index (κ2) is 7.03. The summed E-state index contributed by atoms with van der Waals surface area (Å²) in [6.45, 7) is 2.05. The highest BCUT2D eigenvalue weighted by atomic mass is 19.1. The third kappa shape index (κ3) is 3.54. The molecule has 1 atom stereocenters. The smallest absolute Gasteiger partial charge is 0.139 e. The minimum absolute atomic E-state index is 0.232. The summed E-state index contributed by atoms with van der Waals surface area (Å²) in [6.07, 6.45) is 1.44. The Kier molecular flexibility index (Phi) is 4.44. The molecule has 0 fully saturated rings. The van der Waals surface area contributed by atoms with Crippen molar-refractivity contribution in [1.82, 2.24) is 9.88 Å². The molecule has 1 aliphatic heterocycles. The Bertz CT molecular complexity index is 853. The number of aromatic nitrogens is 1. The van der Waals surface area contributed by atoms with E-state index in [9.17, 15) is 4.39 Å². The summed E-state index contributed by atoms with van der Waals surface area (Å²) < 4.78 is 20.5. The number of benzene rings is 2.